The minimum atomic E-state index is -0.423. The highest BCUT2D eigenvalue weighted by molar-refractivity contribution is 5.59. The maximum Gasteiger partial charge on any atom is 0.234 e. The molecule has 7 heteroatoms. The summed E-state index contributed by atoms with van der Waals surface area (Å²) >= 11 is 0. The number of rotatable bonds is 5. The molecule has 0 aliphatic carbocycles. The van der Waals surface area contributed by atoms with E-state index in [0.29, 0.717) is 18.2 Å². The standard InChI is InChI=1S/C19H17FN4O2/c1-14-23(12-19(26-14)24-10-9-21-22-24)16-7-8-18(17(20)11-16)25-13-15-5-3-2-4-6-15/h2-12,14H,13H2,1H3. The van der Waals surface area contributed by atoms with Crippen LogP contribution in [0.1, 0.15) is 12.5 Å². The number of anilines is 1. The van der Waals surface area contributed by atoms with Crippen LogP contribution in [0.4, 0.5) is 10.1 Å². The van der Waals surface area contributed by atoms with E-state index in [1.165, 1.54) is 10.7 Å². The first-order valence-electron chi connectivity index (χ1n) is 8.20. The second-order valence-corrected chi connectivity index (χ2v) is 5.83. The Labute approximate surface area is 150 Å². The molecule has 2 aromatic carbocycles. The number of aromatic nitrogens is 3. The minimum absolute atomic E-state index is 0.214. The Hall–Kier alpha value is -3.35. The molecule has 0 N–H and O–H groups in total. The van der Waals surface area contributed by atoms with Gasteiger partial charge in [0.1, 0.15) is 6.61 Å². The van der Waals surface area contributed by atoms with Crippen LogP contribution in [0.5, 0.6) is 5.75 Å². The van der Waals surface area contributed by atoms with Gasteiger partial charge >= 0.3 is 0 Å². The van der Waals surface area contributed by atoms with Crippen LogP contribution in [0.15, 0.2) is 67.1 Å². The fourth-order valence-corrected chi connectivity index (χ4v) is 2.71. The fraction of sp³-hybridized carbons (Fsp3) is 0.158. The summed E-state index contributed by atoms with van der Waals surface area (Å²) in [5, 5.41) is 7.66. The maximum absolute atomic E-state index is 14.5. The van der Waals surface area contributed by atoms with Gasteiger partial charge in [-0.15, -0.1) is 5.10 Å². The van der Waals surface area contributed by atoms with Crippen LogP contribution in [0.2, 0.25) is 0 Å². The summed E-state index contributed by atoms with van der Waals surface area (Å²) in [5.41, 5.74) is 1.65. The number of nitrogens with zero attached hydrogens (tertiary/aromatic N) is 4. The highest BCUT2D eigenvalue weighted by Gasteiger charge is 2.25. The van der Waals surface area contributed by atoms with E-state index < -0.39 is 5.82 Å². The van der Waals surface area contributed by atoms with E-state index in [1.54, 1.807) is 30.7 Å². The first-order chi connectivity index (χ1) is 12.7. The summed E-state index contributed by atoms with van der Waals surface area (Å²) in [6, 6.07) is 14.5. The van der Waals surface area contributed by atoms with Crippen LogP contribution in [0.25, 0.3) is 5.88 Å². The zero-order chi connectivity index (χ0) is 17.9. The average molecular weight is 352 g/mol. The Morgan fingerprint density at radius 1 is 1.19 bits per heavy atom. The molecule has 1 aromatic heterocycles. The summed E-state index contributed by atoms with van der Waals surface area (Å²) in [4.78, 5) is 1.82. The molecule has 0 spiro atoms. The van der Waals surface area contributed by atoms with Gasteiger partial charge in [0.2, 0.25) is 5.88 Å². The third-order valence-corrected chi connectivity index (χ3v) is 4.03. The number of benzene rings is 2. The van der Waals surface area contributed by atoms with E-state index >= 15 is 0 Å². The monoisotopic (exact) mass is 352 g/mol. The van der Waals surface area contributed by atoms with Crippen molar-refractivity contribution in [2.75, 3.05) is 4.90 Å². The molecule has 1 aliphatic rings. The van der Waals surface area contributed by atoms with Crippen LogP contribution < -0.4 is 9.64 Å². The lowest BCUT2D eigenvalue weighted by molar-refractivity contribution is 0.194. The van der Waals surface area contributed by atoms with Gasteiger partial charge in [-0.05, 0) is 24.6 Å². The van der Waals surface area contributed by atoms with Crippen molar-refractivity contribution in [2.24, 2.45) is 0 Å². The van der Waals surface area contributed by atoms with Gasteiger partial charge in [-0.3, -0.25) is 0 Å². The molecule has 132 valence electrons. The smallest absolute Gasteiger partial charge is 0.234 e. The molecule has 1 atom stereocenters. The molecule has 0 radical (unpaired) electrons. The molecule has 26 heavy (non-hydrogen) atoms. The summed E-state index contributed by atoms with van der Waals surface area (Å²) in [6.07, 6.45) is 4.72. The summed E-state index contributed by atoms with van der Waals surface area (Å²) < 4.78 is 27.3. The average Bonchev–Trinajstić information content (AvgIpc) is 3.31. The Kier molecular flexibility index (Phi) is 4.27. The molecule has 0 fully saturated rings. The van der Waals surface area contributed by atoms with Gasteiger partial charge in [-0.2, -0.15) is 4.68 Å². The predicted molar refractivity (Wildman–Crippen MR) is 94.5 cm³/mol. The van der Waals surface area contributed by atoms with Crippen LogP contribution >= 0.6 is 0 Å². The van der Waals surface area contributed by atoms with Crippen molar-refractivity contribution < 1.29 is 13.9 Å². The van der Waals surface area contributed by atoms with Crippen LogP contribution in [0.3, 0.4) is 0 Å². The van der Waals surface area contributed by atoms with Crippen molar-refractivity contribution in [3.05, 3.63) is 78.5 Å². The maximum atomic E-state index is 14.5. The largest absolute Gasteiger partial charge is 0.486 e. The van der Waals surface area contributed by atoms with Crippen LogP contribution in [-0.4, -0.2) is 21.2 Å². The SMILES string of the molecule is CC1OC(n2ccnn2)=CN1c1ccc(OCc2ccccc2)c(F)c1. The molecule has 1 unspecified atom stereocenters. The van der Waals surface area contributed by atoms with Crippen molar-refractivity contribution in [1.29, 1.82) is 0 Å². The van der Waals surface area contributed by atoms with E-state index in [-0.39, 0.29) is 12.0 Å². The molecule has 0 amide bonds. The Balaban J connectivity index is 1.50. The van der Waals surface area contributed by atoms with Gasteiger partial charge in [0.15, 0.2) is 17.8 Å². The van der Waals surface area contributed by atoms with Crippen LogP contribution in [0, 0.1) is 5.82 Å². The number of ether oxygens (including phenoxy) is 2. The quantitative estimate of drug-likeness (QED) is 0.702. The lowest BCUT2D eigenvalue weighted by atomic mass is 10.2. The highest BCUT2D eigenvalue weighted by atomic mass is 19.1. The predicted octanol–water partition coefficient (Wildman–Crippen LogP) is 3.63. The fourth-order valence-electron chi connectivity index (χ4n) is 2.71. The molecular formula is C19H17FN4O2. The molecule has 0 saturated carbocycles. The zero-order valence-electron chi connectivity index (χ0n) is 14.1. The third-order valence-electron chi connectivity index (χ3n) is 4.03. The van der Waals surface area contributed by atoms with E-state index in [0.717, 1.165) is 5.56 Å². The lowest BCUT2D eigenvalue weighted by Gasteiger charge is -2.21. The second-order valence-electron chi connectivity index (χ2n) is 5.83. The van der Waals surface area contributed by atoms with Crippen molar-refractivity contribution in [3.8, 4) is 5.75 Å². The minimum Gasteiger partial charge on any atom is -0.486 e. The molecule has 6 nitrogen and oxygen atoms in total. The highest BCUT2D eigenvalue weighted by Crippen LogP contribution is 2.31. The second kappa shape index (κ2) is 6.87. The van der Waals surface area contributed by atoms with Crippen molar-refractivity contribution in [3.63, 3.8) is 0 Å². The Morgan fingerprint density at radius 3 is 2.77 bits per heavy atom. The van der Waals surface area contributed by atoms with Gasteiger partial charge in [-0.25, -0.2) is 4.39 Å². The topological polar surface area (TPSA) is 52.4 Å². The molecular weight excluding hydrogens is 335 g/mol. The first kappa shape index (κ1) is 16.1. The molecule has 1 aliphatic heterocycles. The molecule has 0 saturated heterocycles. The van der Waals surface area contributed by atoms with Gasteiger partial charge in [0, 0.05) is 11.8 Å². The zero-order valence-corrected chi connectivity index (χ0v) is 14.1. The van der Waals surface area contributed by atoms with Crippen LogP contribution in [-0.2, 0) is 11.3 Å². The van der Waals surface area contributed by atoms with Crippen molar-refractivity contribution in [1.82, 2.24) is 15.0 Å². The van der Waals surface area contributed by atoms with E-state index in [4.69, 9.17) is 9.47 Å². The van der Waals surface area contributed by atoms with E-state index in [9.17, 15) is 4.39 Å². The summed E-state index contributed by atoms with van der Waals surface area (Å²) in [6.45, 7) is 2.19. The van der Waals surface area contributed by atoms with Gasteiger partial charge in [0.05, 0.1) is 18.6 Å². The lowest BCUT2D eigenvalue weighted by Crippen LogP contribution is -2.24. The molecule has 4 rings (SSSR count). The number of hydrogen-bond acceptors (Lipinski definition) is 5. The normalized spacial score (nSPS) is 16.3. The summed E-state index contributed by atoms with van der Waals surface area (Å²) in [5.74, 6) is 0.318. The molecule has 3 aromatic rings. The van der Waals surface area contributed by atoms with Crippen molar-refractivity contribution >= 4 is 11.6 Å². The number of halogens is 1. The van der Waals surface area contributed by atoms with Gasteiger partial charge < -0.3 is 14.4 Å². The van der Waals surface area contributed by atoms with Gasteiger partial charge in [0.25, 0.3) is 0 Å². The third kappa shape index (κ3) is 3.23. The first-order valence-corrected chi connectivity index (χ1v) is 8.20. The summed E-state index contributed by atoms with van der Waals surface area (Å²) in [7, 11) is 0. The van der Waals surface area contributed by atoms with Gasteiger partial charge in [-0.1, -0.05) is 35.5 Å². The molecule has 0 bridgehead atoms. The van der Waals surface area contributed by atoms with Crippen molar-refractivity contribution in [2.45, 2.75) is 19.8 Å². The Bertz CT molecular complexity index is 913. The van der Waals surface area contributed by atoms with E-state index in [2.05, 4.69) is 10.3 Å². The molecule has 2 heterocycles. The Morgan fingerprint density at radius 2 is 2.04 bits per heavy atom. The number of hydrogen-bond donors (Lipinski definition) is 0. The van der Waals surface area contributed by atoms with E-state index in [1.807, 2.05) is 42.2 Å².